The predicted molar refractivity (Wildman–Crippen MR) is 78.1 cm³/mol. The van der Waals surface area contributed by atoms with Crippen LogP contribution in [0.2, 0.25) is 0 Å². The summed E-state index contributed by atoms with van der Waals surface area (Å²) in [5.41, 5.74) is 8.39. The van der Waals surface area contributed by atoms with E-state index in [9.17, 15) is 4.79 Å². The first-order valence-corrected chi connectivity index (χ1v) is 6.78. The van der Waals surface area contributed by atoms with Crippen LogP contribution in [0.15, 0.2) is 12.1 Å². The van der Waals surface area contributed by atoms with Crippen molar-refractivity contribution in [2.75, 3.05) is 13.6 Å². The van der Waals surface area contributed by atoms with Gasteiger partial charge in [0.25, 0.3) is 5.91 Å². The molecule has 106 valence electrons. The minimum Gasteiger partial charge on any atom is -0.342 e. The molecule has 1 unspecified atom stereocenters. The van der Waals surface area contributed by atoms with Gasteiger partial charge in [0, 0.05) is 25.3 Å². The number of pyridine rings is 1. The van der Waals surface area contributed by atoms with Crippen LogP contribution in [0.1, 0.15) is 42.0 Å². The van der Waals surface area contributed by atoms with E-state index >= 15 is 0 Å². The largest absolute Gasteiger partial charge is 0.342 e. The van der Waals surface area contributed by atoms with Gasteiger partial charge < -0.3 is 10.6 Å². The van der Waals surface area contributed by atoms with Crippen LogP contribution >= 0.6 is 0 Å². The summed E-state index contributed by atoms with van der Waals surface area (Å²) < 4.78 is 0. The third-order valence-corrected chi connectivity index (χ3v) is 3.46. The average molecular weight is 263 g/mol. The highest BCUT2D eigenvalue weighted by atomic mass is 16.2. The molecular formula is C15H25N3O. The van der Waals surface area contributed by atoms with Gasteiger partial charge in [0.15, 0.2) is 0 Å². The van der Waals surface area contributed by atoms with Crippen molar-refractivity contribution in [3.05, 3.63) is 29.1 Å². The molecule has 4 heteroatoms. The molecule has 0 aliphatic heterocycles. The lowest BCUT2D eigenvalue weighted by atomic mass is 10.0. The molecule has 19 heavy (non-hydrogen) atoms. The van der Waals surface area contributed by atoms with Gasteiger partial charge in [-0.15, -0.1) is 0 Å². The van der Waals surface area contributed by atoms with E-state index in [2.05, 4.69) is 18.8 Å². The number of aryl methyl sites for hydroxylation is 2. The lowest BCUT2D eigenvalue weighted by Crippen LogP contribution is -2.35. The second-order valence-electron chi connectivity index (χ2n) is 5.51. The van der Waals surface area contributed by atoms with E-state index in [1.165, 1.54) is 0 Å². The monoisotopic (exact) mass is 263 g/mol. The van der Waals surface area contributed by atoms with E-state index in [0.29, 0.717) is 18.0 Å². The lowest BCUT2D eigenvalue weighted by Gasteiger charge is -2.22. The molecule has 1 heterocycles. The topological polar surface area (TPSA) is 59.2 Å². The number of aromatic nitrogens is 1. The van der Waals surface area contributed by atoms with Gasteiger partial charge in [-0.2, -0.15) is 0 Å². The first-order valence-electron chi connectivity index (χ1n) is 6.78. The van der Waals surface area contributed by atoms with Gasteiger partial charge in [0.2, 0.25) is 0 Å². The number of carbonyl (C=O) groups is 1. The van der Waals surface area contributed by atoms with Crippen molar-refractivity contribution < 1.29 is 4.79 Å². The molecule has 1 rings (SSSR count). The Balaban J connectivity index is 2.66. The first kappa shape index (κ1) is 15.6. The Hall–Kier alpha value is -1.42. The van der Waals surface area contributed by atoms with Crippen molar-refractivity contribution >= 4 is 5.91 Å². The highest BCUT2D eigenvalue weighted by Gasteiger charge is 2.16. The maximum Gasteiger partial charge on any atom is 0.255 e. The molecule has 1 amide bonds. The summed E-state index contributed by atoms with van der Waals surface area (Å²) in [7, 11) is 1.81. The molecule has 0 aromatic carbocycles. The van der Waals surface area contributed by atoms with Gasteiger partial charge in [-0.3, -0.25) is 9.78 Å². The van der Waals surface area contributed by atoms with E-state index in [1.807, 2.05) is 33.0 Å². The highest BCUT2D eigenvalue weighted by Crippen LogP contribution is 2.11. The minimum absolute atomic E-state index is 0.0148. The van der Waals surface area contributed by atoms with Crippen LogP contribution < -0.4 is 5.73 Å². The zero-order valence-electron chi connectivity index (χ0n) is 12.6. The van der Waals surface area contributed by atoms with Crippen molar-refractivity contribution in [2.45, 2.75) is 40.2 Å². The molecule has 0 aliphatic rings. The van der Waals surface area contributed by atoms with Crippen LogP contribution in [-0.2, 0) is 0 Å². The lowest BCUT2D eigenvalue weighted by molar-refractivity contribution is 0.0788. The van der Waals surface area contributed by atoms with Gasteiger partial charge in [0.05, 0.1) is 11.3 Å². The van der Waals surface area contributed by atoms with Crippen LogP contribution in [0, 0.1) is 19.8 Å². The number of hydrogen-bond donors (Lipinski definition) is 1. The summed E-state index contributed by atoms with van der Waals surface area (Å²) in [4.78, 5) is 18.4. The Kier molecular flexibility index (Phi) is 5.48. The van der Waals surface area contributed by atoms with E-state index in [1.54, 1.807) is 4.90 Å². The Morgan fingerprint density at radius 3 is 2.53 bits per heavy atom. The fourth-order valence-electron chi connectivity index (χ4n) is 1.90. The average Bonchev–Trinajstić information content (AvgIpc) is 2.34. The van der Waals surface area contributed by atoms with Crippen LogP contribution in [0.5, 0.6) is 0 Å². The second-order valence-corrected chi connectivity index (χ2v) is 5.51. The number of rotatable bonds is 5. The number of carbonyl (C=O) groups excluding carboxylic acids is 1. The zero-order chi connectivity index (χ0) is 14.6. The fraction of sp³-hybridized carbons (Fsp3) is 0.600. The SMILES string of the molecule is Cc1ccc(C(=O)N(C)CCC(N)C(C)C)c(C)n1. The van der Waals surface area contributed by atoms with E-state index in [-0.39, 0.29) is 11.9 Å². The minimum atomic E-state index is 0.0148. The summed E-state index contributed by atoms with van der Waals surface area (Å²) in [5, 5.41) is 0. The normalized spacial score (nSPS) is 12.6. The van der Waals surface area contributed by atoms with Gasteiger partial charge in [-0.1, -0.05) is 13.8 Å². The third-order valence-electron chi connectivity index (χ3n) is 3.46. The number of nitrogens with two attached hydrogens (primary N) is 1. The van der Waals surface area contributed by atoms with Gasteiger partial charge in [-0.05, 0) is 38.3 Å². The number of hydrogen-bond acceptors (Lipinski definition) is 3. The third kappa shape index (κ3) is 4.31. The van der Waals surface area contributed by atoms with Gasteiger partial charge in [-0.25, -0.2) is 0 Å². The molecule has 0 radical (unpaired) electrons. The molecule has 1 atom stereocenters. The first-order chi connectivity index (χ1) is 8.82. The standard InChI is InChI=1S/C15H25N3O/c1-10(2)14(16)8-9-18(5)15(19)13-7-6-11(3)17-12(13)4/h6-7,10,14H,8-9,16H2,1-5H3. The van der Waals surface area contributed by atoms with E-state index in [0.717, 1.165) is 17.8 Å². The van der Waals surface area contributed by atoms with Crippen LogP contribution in [0.25, 0.3) is 0 Å². The van der Waals surface area contributed by atoms with Crippen LogP contribution in [0.3, 0.4) is 0 Å². The Morgan fingerprint density at radius 1 is 1.37 bits per heavy atom. The highest BCUT2D eigenvalue weighted by molar-refractivity contribution is 5.95. The van der Waals surface area contributed by atoms with E-state index in [4.69, 9.17) is 5.73 Å². The fourth-order valence-corrected chi connectivity index (χ4v) is 1.90. The molecule has 1 aromatic rings. The Bertz CT molecular complexity index is 443. The molecule has 4 nitrogen and oxygen atoms in total. The maximum atomic E-state index is 12.3. The molecule has 0 fully saturated rings. The summed E-state index contributed by atoms with van der Waals surface area (Å²) in [6, 6.07) is 3.85. The van der Waals surface area contributed by atoms with Crippen LogP contribution in [0.4, 0.5) is 0 Å². The second kappa shape index (κ2) is 6.66. The molecule has 0 saturated carbocycles. The van der Waals surface area contributed by atoms with Crippen molar-refractivity contribution in [3.63, 3.8) is 0 Å². The summed E-state index contributed by atoms with van der Waals surface area (Å²) >= 11 is 0. The summed E-state index contributed by atoms with van der Waals surface area (Å²) in [6.07, 6.45) is 0.818. The van der Waals surface area contributed by atoms with Crippen molar-refractivity contribution in [1.82, 2.24) is 9.88 Å². The molecule has 0 saturated heterocycles. The van der Waals surface area contributed by atoms with E-state index < -0.39 is 0 Å². The molecule has 1 aromatic heterocycles. The molecule has 0 bridgehead atoms. The van der Waals surface area contributed by atoms with Crippen molar-refractivity contribution in [2.24, 2.45) is 11.7 Å². The maximum absolute atomic E-state index is 12.3. The molecule has 2 N–H and O–H groups in total. The molecular weight excluding hydrogens is 238 g/mol. The van der Waals surface area contributed by atoms with Crippen LogP contribution in [-0.4, -0.2) is 35.4 Å². The number of nitrogens with zero attached hydrogens (tertiary/aromatic N) is 2. The van der Waals surface area contributed by atoms with Gasteiger partial charge >= 0.3 is 0 Å². The number of amides is 1. The Labute approximate surface area is 116 Å². The summed E-state index contributed by atoms with van der Waals surface area (Å²) in [5.74, 6) is 0.451. The quantitative estimate of drug-likeness (QED) is 0.885. The zero-order valence-corrected chi connectivity index (χ0v) is 12.6. The Morgan fingerprint density at radius 2 is 2.00 bits per heavy atom. The smallest absolute Gasteiger partial charge is 0.255 e. The summed E-state index contributed by atoms with van der Waals surface area (Å²) in [6.45, 7) is 8.66. The van der Waals surface area contributed by atoms with Crippen molar-refractivity contribution in [1.29, 1.82) is 0 Å². The van der Waals surface area contributed by atoms with Crippen molar-refractivity contribution in [3.8, 4) is 0 Å². The molecule has 0 spiro atoms. The van der Waals surface area contributed by atoms with Gasteiger partial charge in [0.1, 0.15) is 0 Å². The predicted octanol–water partition coefficient (Wildman–Crippen LogP) is 2.14. The molecule has 0 aliphatic carbocycles.